The van der Waals surface area contributed by atoms with Crippen LogP contribution in [0.3, 0.4) is 0 Å². The summed E-state index contributed by atoms with van der Waals surface area (Å²) >= 11 is 0. The maximum atomic E-state index is 12.4. The molecule has 2 saturated carbocycles. The molecule has 1 aromatic carbocycles. The third-order valence-corrected chi connectivity index (χ3v) is 8.56. The van der Waals surface area contributed by atoms with Gasteiger partial charge in [-0.3, -0.25) is 14.7 Å². The Morgan fingerprint density at radius 1 is 1.09 bits per heavy atom. The van der Waals surface area contributed by atoms with Crippen LogP contribution in [-0.4, -0.2) is 64.3 Å². The summed E-state index contributed by atoms with van der Waals surface area (Å²) in [6, 6.07) is 9.81. The van der Waals surface area contributed by atoms with Crippen LogP contribution >= 0.6 is 0 Å². The predicted molar refractivity (Wildman–Crippen MR) is 137 cm³/mol. The number of hydrazone groups is 1. The minimum Gasteiger partial charge on any atom is -0.390 e. The second kappa shape index (κ2) is 10.4. The third kappa shape index (κ3) is 5.49. The highest BCUT2D eigenvalue weighted by Gasteiger charge is 2.41. The van der Waals surface area contributed by atoms with E-state index in [1.165, 1.54) is 37.7 Å². The van der Waals surface area contributed by atoms with Gasteiger partial charge in [-0.05, 0) is 69.2 Å². The lowest BCUT2D eigenvalue weighted by atomic mass is 9.84. The van der Waals surface area contributed by atoms with Crippen molar-refractivity contribution in [3.05, 3.63) is 29.8 Å². The number of hydrogen-bond acceptors (Lipinski definition) is 5. The molecule has 6 nitrogen and oxygen atoms in total. The number of anilines is 1. The van der Waals surface area contributed by atoms with Crippen LogP contribution in [0.25, 0.3) is 0 Å². The van der Waals surface area contributed by atoms with E-state index in [0.29, 0.717) is 38.3 Å². The highest BCUT2D eigenvalue weighted by Crippen LogP contribution is 2.36. The first kappa shape index (κ1) is 23.8. The molecule has 2 aliphatic carbocycles. The summed E-state index contributed by atoms with van der Waals surface area (Å²) in [6.45, 7) is 5.77. The Labute approximate surface area is 205 Å². The molecule has 1 atom stereocenters. The van der Waals surface area contributed by atoms with E-state index < -0.39 is 5.60 Å². The van der Waals surface area contributed by atoms with Crippen molar-refractivity contribution in [2.45, 2.75) is 102 Å². The molecule has 1 unspecified atom stereocenters. The van der Waals surface area contributed by atoms with Crippen LogP contribution in [0, 0.1) is 5.92 Å². The Kier molecular flexibility index (Phi) is 7.26. The molecule has 1 N–H and O–H groups in total. The molecule has 1 saturated heterocycles. The zero-order valence-electron chi connectivity index (χ0n) is 20.9. The highest BCUT2D eigenvalue weighted by atomic mass is 16.3. The monoisotopic (exact) mass is 466 g/mol. The van der Waals surface area contributed by atoms with Crippen LogP contribution in [0.15, 0.2) is 29.4 Å². The third-order valence-electron chi connectivity index (χ3n) is 8.56. The molecule has 5 rings (SSSR count). The van der Waals surface area contributed by atoms with Gasteiger partial charge in [0.25, 0.3) is 0 Å². The molecule has 0 bridgehead atoms. The van der Waals surface area contributed by atoms with E-state index in [1.807, 2.05) is 11.1 Å². The Bertz CT molecular complexity index is 852. The van der Waals surface area contributed by atoms with E-state index in [9.17, 15) is 9.90 Å². The minimum absolute atomic E-state index is 0.177. The molecule has 3 fully saturated rings. The first-order valence-electron chi connectivity index (χ1n) is 13.7. The molecule has 0 spiro atoms. The van der Waals surface area contributed by atoms with E-state index in [4.69, 9.17) is 0 Å². The lowest BCUT2D eigenvalue weighted by Gasteiger charge is -2.40. The predicted octanol–water partition coefficient (Wildman–Crippen LogP) is 4.56. The molecule has 1 amide bonds. The van der Waals surface area contributed by atoms with Crippen LogP contribution in [0.2, 0.25) is 0 Å². The van der Waals surface area contributed by atoms with Gasteiger partial charge in [0, 0.05) is 44.2 Å². The standard InChI is InChI=1S/C28H42N4O2/c1-2-30(24-6-4-3-5-7-24)21-22-8-12-25(13-9-22)32-26(14-17-29-32)20-28(34)15-18-31(19-16-28)27(33)23-10-11-23/h8-9,12-13,17,23-24,26,34H,2-7,10-11,14-16,18-21H2,1H3. The average Bonchev–Trinajstić information content (AvgIpc) is 3.63. The van der Waals surface area contributed by atoms with E-state index >= 15 is 0 Å². The number of amides is 1. The van der Waals surface area contributed by atoms with Crippen LogP contribution in [0.5, 0.6) is 0 Å². The Hall–Kier alpha value is -1.92. The number of carbonyl (C=O) groups excluding carboxylic acids is 1. The van der Waals surface area contributed by atoms with E-state index in [0.717, 1.165) is 44.1 Å². The lowest BCUT2D eigenvalue weighted by molar-refractivity contribution is -0.137. The van der Waals surface area contributed by atoms with E-state index in [2.05, 4.69) is 46.2 Å². The van der Waals surface area contributed by atoms with Gasteiger partial charge in [-0.25, -0.2) is 0 Å². The molecule has 6 heteroatoms. The molecule has 1 aromatic rings. The maximum absolute atomic E-state index is 12.4. The first-order chi connectivity index (χ1) is 16.5. The van der Waals surface area contributed by atoms with E-state index in [-0.39, 0.29) is 12.0 Å². The normalized spacial score (nSPS) is 25.3. The van der Waals surface area contributed by atoms with Gasteiger partial charge in [0.15, 0.2) is 0 Å². The lowest BCUT2D eigenvalue weighted by Crippen LogP contribution is -2.49. The fourth-order valence-corrected chi connectivity index (χ4v) is 6.21. The largest absolute Gasteiger partial charge is 0.390 e. The zero-order chi connectivity index (χ0) is 23.5. The average molecular weight is 467 g/mol. The number of piperidine rings is 1. The van der Waals surface area contributed by atoms with Crippen molar-refractivity contribution in [3.8, 4) is 0 Å². The van der Waals surface area contributed by atoms with Gasteiger partial charge < -0.3 is 10.0 Å². The quantitative estimate of drug-likeness (QED) is 0.610. The van der Waals surface area contributed by atoms with Gasteiger partial charge in [0.05, 0.1) is 17.3 Å². The first-order valence-corrected chi connectivity index (χ1v) is 13.7. The smallest absolute Gasteiger partial charge is 0.225 e. The van der Waals surface area contributed by atoms with Gasteiger partial charge in [-0.2, -0.15) is 5.10 Å². The Balaban J connectivity index is 1.16. The summed E-state index contributed by atoms with van der Waals surface area (Å²) < 4.78 is 0. The van der Waals surface area contributed by atoms with Gasteiger partial charge in [0.1, 0.15) is 0 Å². The van der Waals surface area contributed by atoms with Crippen LogP contribution in [0.4, 0.5) is 5.69 Å². The second-order valence-electron chi connectivity index (χ2n) is 11.1. The van der Waals surface area contributed by atoms with Crippen LogP contribution in [0.1, 0.15) is 83.1 Å². The second-order valence-corrected chi connectivity index (χ2v) is 11.1. The maximum Gasteiger partial charge on any atom is 0.225 e. The summed E-state index contributed by atoms with van der Waals surface area (Å²) in [5.74, 6) is 0.568. The van der Waals surface area contributed by atoms with Crippen molar-refractivity contribution in [1.29, 1.82) is 0 Å². The summed E-state index contributed by atoms with van der Waals surface area (Å²) in [5.41, 5.74) is 1.76. The zero-order valence-corrected chi connectivity index (χ0v) is 20.9. The number of carbonyl (C=O) groups is 1. The SMILES string of the molecule is CCN(Cc1ccc(N2N=CCC2CC2(O)CCN(C(=O)C3CC3)CC2)cc1)C1CCCCC1. The van der Waals surface area contributed by atoms with Gasteiger partial charge in [-0.1, -0.05) is 38.3 Å². The molecule has 34 heavy (non-hydrogen) atoms. The number of likely N-dealkylation sites (tertiary alicyclic amines) is 1. The summed E-state index contributed by atoms with van der Waals surface area (Å²) in [4.78, 5) is 17.0. The fraction of sp³-hybridized carbons (Fsp3) is 0.714. The Morgan fingerprint density at radius 3 is 2.44 bits per heavy atom. The van der Waals surface area contributed by atoms with Crippen LogP contribution < -0.4 is 5.01 Å². The van der Waals surface area contributed by atoms with Crippen molar-refractivity contribution in [2.24, 2.45) is 11.0 Å². The molecule has 2 aliphatic heterocycles. The highest BCUT2D eigenvalue weighted by molar-refractivity contribution is 5.81. The van der Waals surface area contributed by atoms with Crippen molar-refractivity contribution >= 4 is 17.8 Å². The van der Waals surface area contributed by atoms with Crippen molar-refractivity contribution in [1.82, 2.24) is 9.80 Å². The van der Waals surface area contributed by atoms with Crippen molar-refractivity contribution < 1.29 is 9.90 Å². The molecule has 4 aliphatic rings. The van der Waals surface area contributed by atoms with Crippen LogP contribution in [-0.2, 0) is 11.3 Å². The number of aliphatic hydroxyl groups is 1. The van der Waals surface area contributed by atoms with Gasteiger partial charge >= 0.3 is 0 Å². The summed E-state index contributed by atoms with van der Waals surface area (Å²) in [6.07, 6.45) is 13.8. The van der Waals surface area contributed by atoms with Gasteiger partial charge in [-0.15, -0.1) is 0 Å². The molecule has 186 valence electrons. The molecule has 2 heterocycles. The molecular weight excluding hydrogens is 424 g/mol. The summed E-state index contributed by atoms with van der Waals surface area (Å²) in [7, 11) is 0. The number of nitrogens with zero attached hydrogens (tertiary/aromatic N) is 4. The van der Waals surface area contributed by atoms with Gasteiger partial charge in [0.2, 0.25) is 5.91 Å². The number of hydrogen-bond donors (Lipinski definition) is 1. The summed E-state index contributed by atoms with van der Waals surface area (Å²) in [5, 5.41) is 18.1. The topological polar surface area (TPSA) is 59.4 Å². The molecule has 0 radical (unpaired) electrons. The van der Waals surface area contributed by atoms with Crippen molar-refractivity contribution in [2.75, 3.05) is 24.6 Å². The Morgan fingerprint density at radius 2 is 1.79 bits per heavy atom. The number of rotatable bonds is 8. The van der Waals surface area contributed by atoms with E-state index in [1.54, 1.807) is 0 Å². The number of benzene rings is 1. The molecule has 0 aromatic heterocycles. The van der Waals surface area contributed by atoms with Crippen molar-refractivity contribution in [3.63, 3.8) is 0 Å². The minimum atomic E-state index is -0.710. The molecular formula is C28H42N4O2. The fourth-order valence-electron chi connectivity index (χ4n) is 6.21.